The third kappa shape index (κ3) is 5.72. The van der Waals surface area contributed by atoms with Crippen molar-refractivity contribution in [2.75, 3.05) is 23.5 Å². The maximum Gasteiger partial charge on any atom is 0.255 e. The lowest BCUT2D eigenvalue weighted by Gasteiger charge is -2.10. The zero-order valence-corrected chi connectivity index (χ0v) is 19.5. The minimum Gasteiger partial charge on any atom is -0.495 e. The number of nitrogens with one attached hydrogen (secondary N) is 2. The van der Waals surface area contributed by atoms with Gasteiger partial charge in [0.1, 0.15) is 5.75 Å². The molecule has 9 nitrogen and oxygen atoms in total. The Hall–Kier alpha value is -3.89. The first-order valence-corrected chi connectivity index (χ1v) is 11.4. The van der Waals surface area contributed by atoms with Gasteiger partial charge in [0, 0.05) is 16.3 Å². The fourth-order valence-electron chi connectivity index (χ4n) is 2.99. The van der Waals surface area contributed by atoms with Gasteiger partial charge >= 0.3 is 0 Å². The highest BCUT2D eigenvalue weighted by molar-refractivity contribution is 7.99. The predicted molar refractivity (Wildman–Crippen MR) is 131 cm³/mol. The van der Waals surface area contributed by atoms with Crippen molar-refractivity contribution < 1.29 is 14.3 Å². The number of carbonyl (C=O) groups excluding carboxylic acids is 2. The van der Waals surface area contributed by atoms with Crippen molar-refractivity contribution in [3.05, 3.63) is 83.4 Å². The highest BCUT2D eigenvalue weighted by atomic mass is 35.5. The van der Waals surface area contributed by atoms with E-state index < -0.39 is 0 Å². The highest BCUT2D eigenvalue weighted by Gasteiger charge is 2.13. The number of carbonyl (C=O) groups is 2. The molecule has 172 valence electrons. The molecule has 0 saturated heterocycles. The molecule has 0 bridgehead atoms. The lowest BCUT2D eigenvalue weighted by atomic mass is 10.2. The van der Waals surface area contributed by atoms with E-state index in [2.05, 4.69) is 26.2 Å². The van der Waals surface area contributed by atoms with Gasteiger partial charge in [0.15, 0.2) is 0 Å². The smallest absolute Gasteiger partial charge is 0.255 e. The molecule has 0 spiro atoms. The molecule has 4 aromatic rings. The van der Waals surface area contributed by atoms with Gasteiger partial charge in [-0.05, 0) is 71.1 Å². The number of nitrogens with zero attached hydrogens (tertiary/aromatic N) is 4. The maximum atomic E-state index is 12.5. The van der Waals surface area contributed by atoms with Crippen LogP contribution in [-0.4, -0.2) is 44.9 Å². The summed E-state index contributed by atoms with van der Waals surface area (Å²) in [6, 6.07) is 20.8. The molecule has 0 fully saturated rings. The standard InChI is InChI=1S/C23H19ClN6O3S/c1-33-20-5-3-2-4-19(20)26-22(32)15-6-10-17(11-7-15)25-21(31)14-34-23-27-28-29-30(23)18-12-8-16(24)9-13-18/h2-13H,14H2,1H3,(H,25,31)(H,26,32). The molecule has 11 heteroatoms. The van der Waals surface area contributed by atoms with Crippen molar-refractivity contribution in [3.8, 4) is 11.4 Å². The molecule has 2 N–H and O–H groups in total. The second-order valence-electron chi connectivity index (χ2n) is 6.92. The molecular formula is C23H19ClN6O3S. The van der Waals surface area contributed by atoms with Crippen LogP contribution in [0, 0.1) is 0 Å². The third-order valence-electron chi connectivity index (χ3n) is 4.63. The Kier molecular flexibility index (Phi) is 7.41. The van der Waals surface area contributed by atoms with Crippen LogP contribution in [-0.2, 0) is 4.79 Å². The Bertz CT molecular complexity index is 1290. The first-order valence-electron chi connectivity index (χ1n) is 10.0. The fraction of sp³-hybridized carbons (Fsp3) is 0.0870. The second kappa shape index (κ2) is 10.8. The van der Waals surface area contributed by atoms with Crippen LogP contribution in [0.5, 0.6) is 5.75 Å². The minimum atomic E-state index is -0.285. The van der Waals surface area contributed by atoms with E-state index in [0.717, 1.165) is 5.69 Å². The van der Waals surface area contributed by atoms with Crippen molar-refractivity contribution in [1.29, 1.82) is 0 Å². The first-order chi connectivity index (χ1) is 16.5. The lowest BCUT2D eigenvalue weighted by molar-refractivity contribution is -0.113. The molecular weight excluding hydrogens is 476 g/mol. The van der Waals surface area contributed by atoms with Crippen molar-refractivity contribution >= 4 is 46.6 Å². The topological polar surface area (TPSA) is 111 Å². The maximum absolute atomic E-state index is 12.5. The van der Waals surface area contributed by atoms with E-state index in [1.54, 1.807) is 67.8 Å². The summed E-state index contributed by atoms with van der Waals surface area (Å²) in [5.41, 5.74) is 2.32. The molecule has 34 heavy (non-hydrogen) atoms. The number of rotatable bonds is 8. The summed E-state index contributed by atoms with van der Waals surface area (Å²) in [5.74, 6) is 0.150. The van der Waals surface area contributed by atoms with Gasteiger partial charge in [-0.2, -0.15) is 4.68 Å². The molecule has 0 unspecified atom stereocenters. The molecule has 0 radical (unpaired) electrons. The Morgan fingerprint density at radius 3 is 2.47 bits per heavy atom. The van der Waals surface area contributed by atoms with Gasteiger partial charge in [-0.1, -0.05) is 35.5 Å². The number of tetrazole rings is 1. The quantitative estimate of drug-likeness (QED) is 0.351. The van der Waals surface area contributed by atoms with Crippen molar-refractivity contribution in [2.45, 2.75) is 5.16 Å². The first kappa shape index (κ1) is 23.3. The van der Waals surface area contributed by atoms with E-state index in [1.165, 1.54) is 16.4 Å². The molecule has 4 rings (SSSR count). The van der Waals surface area contributed by atoms with E-state index in [4.69, 9.17) is 16.3 Å². The van der Waals surface area contributed by atoms with Crippen LogP contribution in [0.2, 0.25) is 5.02 Å². The largest absolute Gasteiger partial charge is 0.495 e. The Balaban J connectivity index is 1.33. The second-order valence-corrected chi connectivity index (χ2v) is 8.30. The van der Waals surface area contributed by atoms with Gasteiger partial charge in [0.2, 0.25) is 11.1 Å². The number of para-hydroxylation sites is 2. The zero-order valence-electron chi connectivity index (χ0n) is 17.9. The summed E-state index contributed by atoms with van der Waals surface area (Å²) in [7, 11) is 1.54. The van der Waals surface area contributed by atoms with Crippen LogP contribution in [0.3, 0.4) is 0 Å². The average Bonchev–Trinajstić information content (AvgIpc) is 3.32. The Morgan fingerprint density at radius 1 is 1.00 bits per heavy atom. The number of thioether (sulfide) groups is 1. The number of halogens is 1. The molecule has 0 aliphatic heterocycles. The minimum absolute atomic E-state index is 0.101. The van der Waals surface area contributed by atoms with E-state index in [0.29, 0.717) is 32.9 Å². The van der Waals surface area contributed by atoms with E-state index in [9.17, 15) is 9.59 Å². The van der Waals surface area contributed by atoms with E-state index >= 15 is 0 Å². The number of anilines is 2. The van der Waals surface area contributed by atoms with Crippen LogP contribution >= 0.6 is 23.4 Å². The average molecular weight is 495 g/mol. The normalized spacial score (nSPS) is 10.5. The van der Waals surface area contributed by atoms with Gasteiger partial charge < -0.3 is 15.4 Å². The molecule has 1 heterocycles. The number of aromatic nitrogens is 4. The van der Waals surface area contributed by atoms with Crippen LogP contribution in [0.25, 0.3) is 5.69 Å². The number of ether oxygens (including phenoxy) is 1. The molecule has 3 aromatic carbocycles. The van der Waals surface area contributed by atoms with Gasteiger partial charge in [0.25, 0.3) is 5.91 Å². The van der Waals surface area contributed by atoms with Crippen LogP contribution in [0.15, 0.2) is 78.0 Å². The van der Waals surface area contributed by atoms with Crippen molar-refractivity contribution in [1.82, 2.24) is 20.2 Å². The number of hydrogen-bond acceptors (Lipinski definition) is 7. The van der Waals surface area contributed by atoms with Crippen LogP contribution in [0.1, 0.15) is 10.4 Å². The Labute approximate surface area is 204 Å². The number of benzene rings is 3. The van der Waals surface area contributed by atoms with Gasteiger partial charge in [-0.25, -0.2) is 0 Å². The van der Waals surface area contributed by atoms with Crippen molar-refractivity contribution in [2.24, 2.45) is 0 Å². The third-order valence-corrected chi connectivity index (χ3v) is 5.80. The number of amides is 2. The summed E-state index contributed by atoms with van der Waals surface area (Å²) >= 11 is 7.12. The van der Waals surface area contributed by atoms with Crippen LogP contribution < -0.4 is 15.4 Å². The summed E-state index contributed by atoms with van der Waals surface area (Å²) in [5, 5.41) is 18.3. The van der Waals surface area contributed by atoms with E-state index in [-0.39, 0.29) is 17.6 Å². The van der Waals surface area contributed by atoms with Gasteiger partial charge in [-0.3, -0.25) is 9.59 Å². The highest BCUT2D eigenvalue weighted by Crippen LogP contribution is 2.24. The molecule has 1 aromatic heterocycles. The molecule has 0 aliphatic carbocycles. The number of methoxy groups -OCH3 is 1. The summed E-state index contributed by atoms with van der Waals surface area (Å²) < 4.78 is 6.78. The molecule has 2 amide bonds. The van der Waals surface area contributed by atoms with Gasteiger partial charge in [0.05, 0.1) is 24.2 Å². The fourth-order valence-corrected chi connectivity index (χ4v) is 3.80. The van der Waals surface area contributed by atoms with Crippen molar-refractivity contribution in [3.63, 3.8) is 0 Å². The van der Waals surface area contributed by atoms with E-state index in [1.807, 2.05) is 12.1 Å². The van der Waals surface area contributed by atoms with Crippen LogP contribution in [0.4, 0.5) is 11.4 Å². The summed E-state index contributed by atoms with van der Waals surface area (Å²) in [6.07, 6.45) is 0. The SMILES string of the molecule is COc1ccccc1NC(=O)c1ccc(NC(=O)CSc2nnnn2-c2ccc(Cl)cc2)cc1. The molecule has 0 saturated carbocycles. The molecule has 0 aliphatic rings. The predicted octanol–water partition coefficient (Wildman–Crippen LogP) is 4.31. The summed E-state index contributed by atoms with van der Waals surface area (Å²) in [4.78, 5) is 24.9. The number of hydrogen-bond donors (Lipinski definition) is 2. The monoisotopic (exact) mass is 494 g/mol. The zero-order chi connectivity index (χ0) is 23.9. The van der Waals surface area contributed by atoms with Gasteiger partial charge in [-0.15, -0.1) is 5.10 Å². The molecule has 0 atom stereocenters. The Morgan fingerprint density at radius 2 is 1.74 bits per heavy atom. The lowest BCUT2D eigenvalue weighted by Crippen LogP contribution is -2.15. The summed E-state index contributed by atoms with van der Waals surface area (Å²) in [6.45, 7) is 0.